The Bertz CT molecular complexity index is 1320. The number of anilines is 2. The highest BCUT2D eigenvalue weighted by molar-refractivity contribution is 7.92. The lowest BCUT2D eigenvalue weighted by Crippen LogP contribution is -2.16. The molecular formula is C21H16FN3O3S. The van der Waals surface area contributed by atoms with Crippen molar-refractivity contribution in [3.05, 3.63) is 90.4 Å². The smallest absolute Gasteiger partial charge is 0.262 e. The van der Waals surface area contributed by atoms with Gasteiger partial charge in [0, 0.05) is 22.7 Å². The molecule has 0 spiro atoms. The van der Waals surface area contributed by atoms with E-state index in [2.05, 4.69) is 15.0 Å². The zero-order valence-corrected chi connectivity index (χ0v) is 15.8. The molecule has 1 amide bonds. The zero-order chi connectivity index (χ0) is 20.4. The molecule has 4 rings (SSSR count). The summed E-state index contributed by atoms with van der Waals surface area (Å²) in [5, 5.41) is 3.63. The lowest BCUT2D eigenvalue weighted by Gasteiger charge is -2.11. The van der Waals surface area contributed by atoms with Gasteiger partial charge in [0.1, 0.15) is 5.82 Å². The number of rotatable bonds is 5. The maximum absolute atomic E-state index is 13.8. The monoisotopic (exact) mass is 409 g/mol. The Kier molecular flexibility index (Phi) is 4.77. The largest absolute Gasteiger partial charge is 0.361 e. The number of amides is 1. The summed E-state index contributed by atoms with van der Waals surface area (Å²) in [4.78, 5) is 15.6. The van der Waals surface area contributed by atoms with Gasteiger partial charge in [0.2, 0.25) is 0 Å². The molecule has 0 aliphatic rings. The summed E-state index contributed by atoms with van der Waals surface area (Å²) >= 11 is 0. The third kappa shape index (κ3) is 3.83. The summed E-state index contributed by atoms with van der Waals surface area (Å²) < 4.78 is 41.2. The first-order valence-corrected chi connectivity index (χ1v) is 10.2. The summed E-state index contributed by atoms with van der Waals surface area (Å²) in [5.41, 5.74) is 1.47. The van der Waals surface area contributed by atoms with Crippen LogP contribution < -0.4 is 10.0 Å². The van der Waals surface area contributed by atoms with Crippen LogP contribution in [0.1, 0.15) is 10.4 Å². The number of halogens is 1. The molecule has 1 aromatic heterocycles. The van der Waals surface area contributed by atoms with Gasteiger partial charge >= 0.3 is 0 Å². The fourth-order valence-electron chi connectivity index (χ4n) is 2.94. The van der Waals surface area contributed by atoms with Gasteiger partial charge in [-0.05, 0) is 48.5 Å². The van der Waals surface area contributed by atoms with Crippen LogP contribution in [0.5, 0.6) is 0 Å². The van der Waals surface area contributed by atoms with Gasteiger partial charge in [-0.3, -0.25) is 9.52 Å². The van der Waals surface area contributed by atoms with Crippen LogP contribution in [-0.4, -0.2) is 19.3 Å². The van der Waals surface area contributed by atoms with E-state index in [1.54, 1.807) is 18.3 Å². The van der Waals surface area contributed by atoms with E-state index >= 15 is 0 Å². The number of fused-ring (bicyclic) bond motifs is 1. The molecule has 0 aliphatic heterocycles. The van der Waals surface area contributed by atoms with Gasteiger partial charge in [-0.1, -0.05) is 24.3 Å². The number of aromatic nitrogens is 1. The van der Waals surface area contributed by atoms with Gasteiger partial charge in [0.25, 0.3) is 15.9 Å². The molecular weight excluding hydrogens is 393 g/mol. The van der Waals surface area contributed by atoms with Gasteiger partial charge in [0.15, 0.2) is 0 Å². The number of hydrogen-bond acceptors (Lipinski definition) is 3. The number of benzene rings is 3. The van der Waals surface area contributed by atoms with Gasteiger partial charge in [-0.25, -0.2) is 12.8 Å². The molecule has 3 aromatic carbocycles. The molecule has 3 N–H and O–H groups in total. The first-order valence-electron chi connectivity index (χ1n) is 8.69. The fraction of sp³-hybridized carbons (Fsp3) is 0. The molecule has 0 aliphatic carbocycles. The highest BCUT2D eigenvalue weighted by Crippen LogP contribution is 2.24. The van der Waals surface area contributed by atoms with Crippen molar-refractivity contribution >= 4 is 38.2 Å². The molecule has 0 fully saturated rings. The van der Waals surface area contributed by atoms with Crippen molar-refractivity contribution in [2.75, 3.05) is 10.0 Å². The Labute approximate surface area is 166 Å². The topological polar surface area (TPSA) is 91.1 Å². The number of nitrogens with one attached hydrogen (secondary N) is 3. The van der Waals surface area contributed by atoms with Crippen molar-refractivity contribution < 1.29 is 17.6 Å². The SMILES string of the molecule is O=C(Nc1cccc2[nH]ccc12)c1cccc(S(=O)(=O)Nc2ccccc2F)c1. The summed E-state index contributed by atoms with van der Waals surface area (Å²) in [6, 6.07) is 18.3. The van der Waals surface area contributed by atoms with E-state index in [0.29, 0.717) is 5.69 Å². The molecule has 0 radical (unpaired) electrons. The van der Waals surface area contributed by atoms with Crippen molar-refractivity contribution in [1.29, 1.82) is 0 Å². The average Bonchev–Trinajstić information content (AvgIpc) is 3.20. The Morgan fingerprint density at radius 1 is 0.897 bits per heavy atom. The fourth-order valence-corrected chi connectivity index (χ4v) is 4.05. The molecule has 8 heteroatoms. The minimum atomic E-state index is -4.07. The van der Waals surface area contributed by atoms with E-state index < -0.39 is 21.7 Å². The van der Waals surface area contributed by atoms with Crippen LogP contribution in [-0.2, 0) is 10.0 Å². The highest BCUT2D eigenvalue weighted by Gasteiger charge is 2.18. The van der Waals surface area contributed by atoms with Crippen molar-refractivity contribution in [2.24, 2.45) is 0 Å². The molecule has 1 heterocycles. The second kappa shape index (κ2) is 7.40. The van der Waals surface area contributed by atoms with Gasteiger partial charge in [-0.2, -0.15) is 0 Å². The van der Waals surface area contributed by atoms with Crippen LogP contribution in [0.2, 0.25) is 0 Å². The average molecular weight is 409 g/mol. The van der Waals surface area contributed by atoms with E-state index in [1.165, 1.54) is 42.5 Å². The van der Waals surface area contributed by atoms with Crippen LogP contribution >= 0.6 is 0 Å². The van der Waals surface area contributed by atoms with Crippen molar-refractivity contribution in [1.82, 2.24) is 4.98 Å². The lowest BCUT2D eigenvalue weighted by molar-refractivity contribution is 0.102. The zero-order valence-electron chi connectivity index (χ0n) is 15.0. The molecule has 4 aromatic rings. The van der Waals surface area contributed by atoms with E-state index in [9.17, 15) is 17.6 Å². The number of sulfonamides is 1. The van der Waals surface area contributed by atoms with Crippen molar-refractivity contribution in [2.45, 2.75) is 4.90 Å². The predicted molar refractivity (Wildman–Crippen MR) is 110 cm³/mol. The van der Waals surface area contributed by atoms with E-state index in [4.69, 9.17) is 0 Å². The normalized spacial score (nSPS) is 11.3. The minimum Gasteiger partial charge on any atom is -0.361 e. The molecule has 0 saturated heterocycles. The van der Waals surface area contributed by atoms with E-state index in [1.807, 2.05) is 12.1 Å². The molecule has 146 valence electrons. The predicted octanol–water partition coefficient (Wildman–Crippen LogP) is 4.36. The number of aromatic amines is 1. The Morgan fingerprint density at radius 2 is 1.66 bits per heavy atom. The number of para-hydroxylation sites is 1. The maximum atomic E-state index is 13.8. The standard InChI is InChI=1S/C21H16FN3O3S/c22-17-7-1-2-8-20(17)25-29(27,28)15-6-3-5-14(13-15)21(26)24-19-10-4-9-18-16(19)11-12-23-18/h1-13,23,25H,(H,24,26). The maximum Gasteiger partial charge on any atom is 0.262 e. The van der Waals surface area contributed by atoms with Crippen LogP contribution in [0, 0.1) is 5.82 Å². The van der Waals surface area contributed by atoms with Crippen LogP contribution in [0.3, 0.4) is 0 Å². The summed E-state index contributed by atoms with van der Waals surface area (Å²) in [6.07, 6.45) is 1.77. The second-order valence-electron chi connectivity index (χ2n) is 6.31. The summed E-state index contributed by atoms with van der Waals surface area (Å²) in [6.45, 7) is 0. The molecule has 0 saturated carbocycles. The van der Waals surface area contributed by atoms with E-state index in [0.717, 1.165) is 17.0 Å². The Hall–Kier alpha value is -3.65. The number of H-pyrrole nitrogens is 1. The quantitative estimate of drug-likeness (QED) is 0.457. The molecule has 0 bridgehead atoms. The molecule has 0 atom stereocenters. The molecule has 0 unspecified atom stereocenters. The minimum absolute atomic E-state index is 0.145. The van der Waals surface area contributed by atoms with Gasteiger partial charge in [0.05, 0.1) is 16.3 Å². The van der Waals surface area contributed by atoms with Crippen LogP contribution in [0.15, 0.2) is 83.9 Å². The lowest BCUT2D eigenvalue weighted by atomic mass is 10.2. The Morgan fingerprint density at radius 3 is 2.48 bits per heavy atom. The third-order valence-corrected chi connectivity index (χ3v) is 5.73. The highest BCUT2D eigenvalue weighted by atomic mass is 32.2. The van der Waals surface area contributed by atoms with Gasteiger partial charge in [-0.15, -0.1) is 0 Å². The summed E-state index contributed by atoms with van der Waals surface area (Å²) in [7, 11) is -4.07. The number of carbonyl (C=O) groups excluding carboxylic acids is 1. The first kappa shape index (κ1) is 18.7. The van der Waals surface area contributed by atoms with Crippen LogP contribution in [0.25, 0.3) is 10.9 Å². The van der Waals surface area contributed by atoms with Gasteiger partial charge < -0.3 is 10.3 Å². The van der Waals surface area contributed by atoms with E-state index in [-0.39, 0.29) is 16.1 Å². The Balaban J connectivity index is 1.60. The second-order valence-corrected chi connectivity index (χ2v) is 7.99. The third-order valence-electron chi connectivity index (χ3n) is 4.37. The van der Waals surface area contributed by atoms with Crippen molar-refractivity contribution in [3.63, 3.8) is 0 Å². The number of carbonyl (C=O) groups is 1. The van der Waals surface area contributed by atoms with Crippen LogP contribution in [0.4, 0.5) is 15.8 Å². The first-order chi connectivity index (χ1) is 13.9. The summed E-state index contributed by atoms with van der Waals surface area (Å²) in [5.74, 6) is -1.15. The van der Waals surface area contributed by atoms with Crippen molar-refractivity contribution in [3.8, 4) is 0 Å². The molecule has 29 heavy (non-hydrogen) atoms. The number of hydrogen-bond donors (Lipinski definition) is 3. The molecule has 6 nitrogen and oxygen atoms in total.